The van der Waals surface area contributed by atoms with Gasteiger partial charge in [-0.1, -0.05) is 42.2 Å². The van der Waals surface area contributed by atoms with Gasteiger partial charge in [-0.25, -0.2) is 0 Å². The number of hydrogen-bond donors (Lipinski definition) is 1. The van der Waals surface area contributed by atoms with E-state index in [4.69, 9.17) is 22.3 Å². The van der Waals surface area contributed by atoms with Crippen LogP contribution in [0.5, 0.6) is 0 Å². The third kappa shape index (κ3) is 1.94. The number of fused-ring (bicyclic) bond motifs is 1. The Morgan fingerprint density at radius 2 is 1.94 bits per heavy atom. The lowest BCUT2D eigenvalue weighted by Crippen LogP contribution is -1.98. The first kappa shape index (κ1) is 12.2. The Morgan fingerprint density at radius 3 is 2.56 bits per heavy atom. The van der Waals surface area contributed by atoms with Crippen LogP contribution in [0.15, 0.2) is 29.3 Å². The van der Waals surface area contributed by atoms with Crippen LogP contribution >= 0.6 is 31.5 Å². The first-order valence-corrected chi connectivity index (χ1v) is 8.53. The van der Waals surface area contributed by atoms with E-state index in [9.17, 15) is 0 Å². The van der Waals surface area contributed by atoms with E-state index in [0.29, 0.717) is 0 Å². The van der Waals surface area contributed by atoms with E-state index in [1.807, 2.05) is 18.3 Å². The quantitative estimate of drug-likeness (QED) is 0.795. The van der Waals surface area contributed by atoms with Crippen LogP contribution in [0.4, 0.5) is 0 Å². The van der Waals surface area contributed by atoms with Crippen LogP contribution in [0.1, 0.15) is 13.8 Å². The molecule has 0 atom stereocenters. The standard InChI is InChI=1S/C12H15Cl2NS/c1-3-16(14,4-2)12-8-15-11-7-9(13)5-6-10(11)12/h5-8,15H,3-4H2,1-2H3. The highest BCUT2D eigenvalue weighted by Gasteiger charge is 2.22. The number of aromatic amines is 1. The van der Waals surface area contributed by atoms with Gasteiger partial charge in [0.25, 0.3) is 0 Å². The second-order valence-electron chi connectivity index (χ2n) is 3.71. The number of hydrogen-bond acceptors (Lipinski definition) is 0. The molecule has 0 aliphatic carbocycles. The summed E-state index contributed by atoms with van der Waals surface area (Å²) in [5, 5.41) is 1.96. The summed E-state index contributed by atoms with van der Waals surface area (Å²) >= 11 is 5.96. The van der Waals surface area contributed by atoms with Crippen molar-refractivity contribution in [2.24, 2.45) is 0 Å². The molecule has 0 aliphatic rings. The van der Waals surface area contributed by atoms with E-state index in [1.54, 1.807) is 0 Å². The molecule has 1 aromatic heterocycles. The predicted molar refractivity (Wildman–Crippen MR) is 76.1 cm³/mol. The minimum absolute atomic E-state index is 0.754. The second-order valence-corrected chi connectivity index (χ2v) is 9.09. The number of benzene rings is 1. The summed E-state index contributed by atoms with van der Waals surface area (Å²) in [7, 11) is 5.53. The third-order valence-corrected chi connectivity index (χ3v) is 7.91. The van der Waals surface area contributed by atoms with E-state index < -0.39 is 9.24 Å². The molecule has 1 heterocycles. The fraction of sp³-hybridized carbons (Fsp3) is 0.333. The Balaban J connectivity index is 2.62. The maximum atomic E-state index is 6.72. The molecule has 0 amide bonds. The van der Waals surface area contributed by atoms with E-state index in [0.717, 1.165) is 22.0 Å². The first-order valence-electron chi connectivity index (χ1n) is 5.35. The lowest BCUT2D eigenvalue weighted by molar-refractivity contribution is 1.35. The summed E-state index contributed by atoms with van der Waals surface area (Å²) in [5.41, 5.74) is 1.07. The lowest BCUT2D eigenvalue weighted by atomic mass is 10.2. The van der Waals surface area contributed by atoms with Gasteiger partial charge in [0.1, 0.15) is 0 Å². The largest absolute Gasteiger partial charge is 0.360 e. The molecule has 2 aromatic rings. The monoisotopic (exact) mass is 275 g/mol. The highest BCUT2D eigenvalue weighted by molar-refractivity contribution is 8.51. The van der Waals surface area contributed by atoms with Crippen LogP contribution in [-0.2, 0) is 0 Å². The van der Waals surface area contributed by atoms with E-state index in [1.165, 1.54) is 10.3 Å². The van der Waals surface area contributed by atoms with Gasteiger partial charge in [-0.15, -0.1) is 9.24 Å². The molecule has 1 aromatic carbocycles. The molecule has 88 valence electrons. The van der Waals surface area contributed by atoms with Gasteiger partial charge >= 0.3 is 0 Å². The summed E-state index contributed by atoms with van der Waals surface area (Å²) in [6.45, 7) is 4.31. The fourth-order valence-electron chi connectivity index (χ4n) is 1.89. The molecule has 0 saturated heterocycles. The van der Waals surface area contributed by atoms with Crippen LogP contribution in [0.2, 0.25) is 5.02 Å². The minimum atomic E-state index is -1.19. The zero-order valence-electron chi connectivity index (χ0n) is 9.39. The summed E-state index contributed by atoms with van der Waals surface area (Å²) in [4.78, 5) is 4.51. The molecular formula is C12H15Cl2NS. The van der Waals surface area contributed by atoms with Crippen LogP contribution in [0.25, 0.3) is 10.9 Å². The third-order valence-electron chi connectivity index (χ3n) is 2.92. The summed E-state index contributed by atoms with van der Waals surface area (Å²) in [5.74, 6) is 2.00. The highest BCUT2D eigenvalue weighted by atomic mass is 35.7. The van der Waals surface area contributed by atoms with Gasteiger partial charge in [-0.05, 0) is 23.6 Å². The number of nitrogens with one attached hydrogen (secondary N) is 1. The Kier molecular flexibility index (Phi) is 3.43. The summed E-state index contributed by atoms with van der Waals surface area (Å²) < 4.78 is 0. The number of rotatable bonds is 3. The van der Waals surface area contributed by atoms with Crippen LogP contribution in [0, 0.1) is 0 Å². The molecule has 2 rings (SSSR count). The molecule has 1 N–H and O–H groups in total. The Hall–Kier alpha value is -0.310. The van der Waals surface area contributed by atoms with Crippen molar-refractivity contribution in [2.75, 3.05) is 11.5 Å². The van der Waals surface area contributed by atoms with Crippen LogP contribution in [-0.4, -0.2) is 16.5 Å². The van der Waals surface area contributed by atoms with Crippen LogP contribution < -0.4 is 0 Å². The predicted octanol–water partition coefficient (Wildman–Crippen LogP) is 5.18. The Labute approximate surface area is 107 Å². The molecule has 0 bridgehead atoms. The lowest BCUT2D eigenvalue weighted by Gasteiger charge is -2.29. The number of H-pyrrole nitrogens is 1. The van der Waals surface area contributed by atoms with Gasteiger partial charge in [0, 0.05) is 27.0 Å². The fourth-order valence-corrected chi connectivity index (χ4v) is 4.32. The van der Waals surface area contributed by atoms with Gasteiger partial charge < -0.3 is 4.98 Å². The number of halogens is 2. The molecule has 4 heteroatoms. The molecular weight excluding hydrogens is 261 g/mol. The summed E-state index contributed by atoms with van der Waals surface area (Å²) in [6.07, 6.45) is 2.04. The van der Waals surface area contributed by atoms with Gasteiger partial charge in [-0.2, -0.15) is 0 Å². The minimum Gasteiger partial charge on any atom is -0.360 e. The molecule has 0 saturated carbocycles. The van der Waals surface area contributed by atoms with Crippen LogP contribution in [0.3, 0.4) is 0 Å². The average molecular weight is 276 g/mol. The van der Waals surface area contributed by atoms with E-state index in [2.05, 4.69) is 24.9 Å². The van der Waals surface area contributed by atoms with Gasteiger partial charge in [0.15, 0.2) is 0 Å². The molecule has 0 spiro atoms. The van der Waals surface area contributed by atoms with E-state index >= 15 is 0 Å². The molecule has 1 nitrogen and oxygen atoms in total. The van der Waals surface area contributed by atoms with Gasteiger partial charge in [0.05, 0.1) is 0 Å². The molecule has 0 aliphatic heterocycles. The van der Waals surface area contributed by atoms with Crippen molar-refractivity contribution in [2.45, 2.75) is 18.7 Å². The van der Waals surface area contributed by atoms with Crippen molar-refractivity contribution in [1.29, 1.82) is 0 Å². The molecule has 16 heavy (non-hydrogen) atoms. The maximum absolute atomic E-state index is 6.72. The summed E-state index contributed by atoms with van der Waals surface area (Å²) in [6, 6.07) is 5.92. The topological polar surface area (TPSA) is 15.8 Å². The second kappa shape index (κ2) is 4.52. The first-order chi connectivity index (χ1) is 7.60. The Morgan fingerprint density at radius 1 is 1.25 bits per heavy atom. The van der Waals surface area contributed by atoms with Gasteiger partial charge in [-0.3, -0.25) is 0 Å². The maximum Gasteiger partial charge on any atom is 0.0480 e. The smallest absolute Gasteiger partial charge is 0.0480 e. The normalized spacial score (nSPS) is 13.2. The highest BCUT2D eigenvalue weighted by Crippen LogP contribution is 2.61. The number of aromatic nitrogens is 1. The van der Waals surface area contributed by atoms with Crippen molar-refractivity contribution >= 4 is 42.4 Å². The molecule has 0 fully saturated rings. The average Bonchev–Trinajstić information content (AvgIpc) is 2.71. The molecule has 0 unspecified atom stereocenters. The zero-order valence-corrected chi connectivity index (χ0v) is 11.7. The zero-order chi connectivity index (χ0) is 11.8. The molecule has 0 radical (unpaired) electrons. The van der Waals surface area contributed by atoms with Crippen molar-refractivity contribution in [3.63, 3.8) is 0 Å². The SMILES string of the molecule is CCS(Cl)(CC)c1c[nH]c2cc(Cl)ccc12. The van der Waals surface area contributed by atoms with Crippen molar-refractivity contribution in [1.82, 2.24) is 4.98 Å². The van der Waals surface area contributed by atoms with Gasteiger partial charge in [0.2, 0.25) is 0 Å². The van der Waals surface area contributed by atoms with Crippen molar-refractivity contribution < 1.29 is 0 Å². The van der Waals surface area contributed by atoms with Crippen molar-refractivity contribution in [3.05, 3.63) is 29.4 Å². The van der Waals surface area contributed by atoms with E-state index in [-0.39, 0.29) is 0 Å². The van der Waals surface area contributed by atoms with Crippen molar-refractivity contribution in [3.8, 4) is 0 Å². The Bertz CT molecular complexity index is 503.